The fraction of sp³-hybridized carbons (Fsp3) is 0.158. The molecule has 0 N–H and O–H groups in total. The van der Waals surface area contributed by atoms with E-state index in [-0.39, 0.29) is 17.3 Å². The molecule has 0 spiro atoms. The molecule has 150 valence electrons. The third kappa shape index (κ3) is 4.52. The lowest BCUT2D eigenvalue weighted by atomic mass is 10.1. The van der Waals surface area contributed by atoms with Gasteiger partial charge in [0.05, 0.1) is 16.0 Å². The summed E-state index contributed by atoms with van der Waals surface area (Å²) in [7, 11) is -3.83. The van der Waals surface area contributed by atoms with Crippen molar-refractivity contribution in [2.45, 2.75) is 18.4 Å². The highest BCUT2D eigenvalue weighted by Gasteiger charge is 2.24. The first-order valence-corrected chi connectivity index (χ1v) is 10.5. The number of aryl methyl sites for hydroxylation is 1. The number of esters is 1. The van der Waals surface area contributed by atoms with E-state index in [4.69, 9.17) is 16.3 Å². The maximum atomic E-state index is 12.3. The summed E-state index contributed by atoms with van der Waals surface area (Å²) in [5.41, 5.74) is 1.36. The molecule has 0 aliphatic heterocycles. The minimum atomic E-state index is -3.83. The second kappa shape index (κ2) is 7.76. The molecule has 29 heavy (non-hydrogen) atoms. The second-order valence-electron chi connectivity index (χ2n) is 6.42. The van der Waals surface area contributed by atoms with Gasteiger partial charge >= 0.3 is 5.97 Å². The van der Waals surface area contributed by atoms with Crippen molar-refractivity contribution in [3.8, 4) is 0 Å². The molecule has 0 saturated carbocycles. The number of sulfone groups is 1. The van der Waals surface area contributed by atoms with Crippen molar-refractivity contribution >= 4 is 44.0 Å². The van der Waals surface area contributed by atoms with Crippen LogP contribution in [0.25, 0.3) is 10.9 Å². The molecule has 10 heteroatoms. The third-order valence-corrected chi connectivity index (χ3v) is 5.62. The summed E-state index contributed by atoms with van der Waals surface area (Å²) in [5, 5.41) is 12.2. The summed E-state index contributed by atoms with van der Waals surface area (Å²) in [5.74, 6) is -0.853. The topological polar surface area (TPSA) is 116 Å². The first-order chi connectivity index (χ1) is 13.6. The number of carbonyl (C=O) groups is 1. The van der Waals surface area contributed by atoms with Gasteiger partial charge in [0, 0.05) is 23.3 Å². The van der Waals surface area contributed by atoms with Crippen molar-refractivity contribution < 1.29 is 22.9 Å². The molecule has 0 unspecified atom stereocenters. The fourth-order valence-corrected chi connectivity index (χ4v) is 3.75. The van der Waals surface area contributed by atoms with Gasteiger partial charge in [0.25, 0.3) is 5.69 Å². The van der Waals surface area contributed by atoms with Crippen LogP contribution in [0.1, 0.15) is 21.5 Å². The van der Waals surface area contributed by atoms with Crippen LogP contribution in [0.3, 0.4) is 0 Å². The number of hydrogen-bond donors (Lipinski definition) is 0. The minimum Gasteiger partial charge on any atom is -0.457 e. The Hall–Kier alpha value is -3.04. The maximum Gasteiger partial charge on any atom is 0.338 e. The van der Waals surface area contributed by atoms with Crippen LogP contribution in [0.4, 0.5) is 5.69 Å². The molecule has 1 aromatic heterocycles. The number of nitro groups is 1. The van der Waals surface area contributed by atoms with E-state index >= 15 is 0 Å². The Morgan fingerprint density at radius 1 is 1.21 bits per heavy atom. The molecular formula is C19H15ClN2O6S. The number of fused-ring (bicyclic) bond motifs is 1. The van der Waals surface area contributed by atoms with Crippen molar-refractivity contribution in [2.24, 2.45) is 0 Å². The summed E-state index contributed by atoms with van der Waals surface area (Å²) in [6.45, 7) is 1.73. The fourth-order valence-electron chi connectivity index (χ4n) is 2.73. The Bertz CT molecular complexity index is 1260. The zero-order chi connectivity index (χ0) is 21.3. The number of nitro benzene ring substituents is 1. The molecule has 8 nitrogen and oxygen atoms in total. The summed E-state index contributed by atoms with van der Waals surface area (Å²) in [6.07, 6.45) is 0.851. The third-order valence-electron chi connectivity index (χ3n) is 4.15. The molecule has 3 aromatic rings. The van der Waals surface area contributed by atoms with Gasteiger partial charge in [-0.25, -0.2) is 18.2 Å². The SMILES string of the molecule is Cc1ccc2cc(COC(=O)c3ccc(S(C)(=O)=O)c([N+](=O)[O-])c3)c(Cl)nc2c1. The molecule has 0 amide bonds. The highest BCUT2D eigenvalue weighted by Crippen LogP contribution is 2.26. The number of pyridine rings is 1. The van der Waals surface area contributed by atoms with Crippen molar-refractivity contribution in [1.82, 2.24) is 4.98 Å². The molecule has 0 saturated heterocycles. The molecule has 1 heterocycles. The van der Waals surface area contributed by atoms with Gasteiger partial charge in [-0.1, -0.05) is 23.7 Å². The van der Waals surface area contributed by atoms with Gasteiger partial charge in [-0.05, 0) is 36.8 Å². The van der Waals surface area contributed by atoms with Gasteiger partial charge in [-0.3, -0.25) is 10.1 Å². The summed E-state index contributed by atoms with van der Waals surface area (Å²) >= 11 is 6.16. The largest absolute Gasteiger partial charge is 0.457 e. The highest BCUT2D eigenvalue weighted by atomic mass is 35.5. The van der Waals surface area contributed by atoms with E-state index in [1.54, 1.807) is 6.07 Å². The molecule has 0 aliphatic rings. The zero-order valence-electron chi connectivity index (χ0n) is 15.4. The van der Waals surface area contributed by atoms with Gasteiger partial charge in [0.15, 0.2) is 9.84 Å². The average Bonchev–Trinajstić information content (AvgIpc) is 2.64. The molecule has 2 aromatic carbocycles. The predicted octanol–water partition coefficient (Wildman–Crippen LogP) is 3.87. The molecule has 0 fully saturated rings. The zero-order valence-corrected chi connectivity index (χ0v) is 17.0. The van der Waals surface area contributed by atoms with Crippen LogP contribution in [0.15, 0.2) is 47.4 Å². The Labute approximate surface area is 171 Å². The Morgan fingerprint density at radius 2 is 1.93 bits per heavy atom. The van der Waals surface area contributed by atoms with Crippen molar-refractivity contribution in [3.05, 3.63) is 74.4 Å². The minimum absolute atomic E-state index is 0.149. The summed E-state index contributed by atoms with van der Waals surface area (Å²) in [6, 6.07) is 10.4. The van der Waals surface area contributed by atoms with Crippen LogP contribution in [0, 0.1) is 17.0 Å². The second-order valence-corrected chi connectivity index (χ2v) is 8.76. The van der Waals surface area contributed by atoms with Crippen LogP contribution in [0.5, 0.6) is 0 Å². The normalized spacial score (nSPS) is 11.4. The highest BCUT2D eigenvalue weighted by molar-refractivity contribution is 7.90. The lowest BCUT2D eigenvalue weighted by molar-refractivity contribution is -0.387. The number of carbonyl (C=O) groups excluding carboxylic acids is 1. The van der Waals surface area contributed by atoms with E-state index < -0.39 is 31.3 Å². The Morgan fingerprint density at radius 3 is 2.59 bits per heavy atom. The van der Waals surface area contributed by atoms with Gasteiger partial charge in [-0.15, -0.1) is 0 Å². The lowest BCUT2D eigenvalue weighted by Crippen LogP contribution is -2.09. The van der Waals surface area contributed by atoms with Crippen molar-refractivity contribution in [3.63, 3.8) is 0 Å². The number of benzene rings is 2. The van der Waals surface area contributed by atoms with E-state index in [0.717, 1.165) is 35.4 Å². The van der Waals surface area contributed by atoms with Crippen LogP contribution in [0.2, 0.25) is 5.15 Å². The molecule has 0 atom stereocenters. The van der Waals surface area contributed by atoms with Gasteiger partial charge in [0.2, 0.25) is 0 Å². The average molecular weight is 435 g/mol. The Kier molecular flexibility index (Phi) is 5.54. The van der Waals surface area contributed by atoms with E-state index in [1.807, 2.05) is 25.1 Å². The van der Waals surface area contributed by atoms with E-state index in [9.17, 15) is 23.3 Å². The summed E-state index contributed by atoms with van der Waals surface area (Å²) < 4.78 is 28.5. The van der Waals surface area contributed by atoms with Gasteiger partial charge in [0.1, 0.15) is 16.7 Å². The number of rotatable bonds is 5. The first-order valence-electron chi connectivity index (χ1n) is 8.27. The van der Waals surface area contributed by atoms with E-state index in [1.165, 1.54) is 0 Å². The van der Waals surface area contributed by atoms with Crippen LogP contribution < -0.4 is 0 Å². The summed E-state index contributed by atoms with van der Waals surface area (Å²) in [4.78, 5) is 26.4. The van der Waals surface area contributed by atoms with E-state index in [2.05, 4.69) is 4.98 Å². The van der Waals surface area contributed by atoms with Crippen molar-refractivity contribution in [2.75, 3.05) is 6.26 Å². The van der Waals surface area contributed by atoms with Crippen LogP contribution >= 0.6 is 11.6 Å². The van der Waals surface area contributed by atoms with Crippen LogP contribution in [-0.2, 0) is 21.2 Å². The number of ether oxygens (including phenoxy) is 1. The molecule has 3 rings (SSSR count). The molecule has 0 radical (unpaired) electrons. The quantitative estimate of drug-likeness (QED) is 0.259. The number of aromatic nitrogens is 1. The standard InChI is InChI=1S/C19H15ClN2O6S/c1-11-3-4-12-8-14(18(20)21-15(12)7-11)10-28-19(23)13-5-6-17(29(2,26)27)16(9-13)22(24)25/h3-9H,10H2,1-2H3. The van der Waals surface area contributed by atoms with E-state index in [0.29, 0.717) is 11.1 Å². The maximum absolute atomic E-state index is 12.3. The van der Waals surface area contributed by atoms with Crippen LogP contribution in [-0.4, -0.2) is 30.6 Å². The number of nitrogens with zero attached hydrogens (tertiary/aromatic N) is 2. The molecule has 0 bridgehead atoms. The van der Waals surface area contributed by atoms with Crippen molar-refractivity contribution in [1.29, 1.82) is 0 Å². The molecule has 0 aliphatic carbocycles. The first kappa shape index (κ1) is 20.7. The predicted molar refractivity (Wildman–Crippen MR) is 107 cm³/mol. The monoisotopic (exact) mass is 434 g/mol. The molecular weight excluding hydrogens is 420 g/mol. The van der Waals surface area contributed by atoms with Gasteiger partial charge < -0.3 is 4.74 Å². The van der Waals surface area contributed by atoms with Gasteiger partial charge in [-0.2, -0.15) is 0 Å². The lowest BCUT2D eigenvalue weighted by Gasteiger charge is -2.09. The smallest absolute Gasteiger partial charge is 0.338 e. The Balaban J connectivity index is 1.85. The number of halogens is 1. The number of hydrogen-bond acceptors (Lipinski definition) is 7.